The van der Waals surface area contributed by atoms with Gasteiger partial charge in [0.15, 0.2) is 5.78 Å². The van der Waals surface area contributed by atoms with E-state index in [-0.39, 0.29) is 5.78 Å². The zero-order chi connectivity index (χ0) is 17.4. The number of ketones is 1. The Morgan fingerprint density at radius 2 is 1.96 bits per heavy atom. The van der Waals surface area contributed by atoms with Crippen molar-refractivity contribution in [3.63, 3.8) is 0 Å². The number of rotatable bonds is 8. The first-order valence-corrected chi connectivity index (χ1v) is 8.44. The van der Waals surface area contributed by atoms with Gasteiger partial charge < -0.3 is 10.1 Å². The number of allylic oxidation sites excluding steroid dienone is 1. The number of aryl methyl sites for hydroxylation is 1. The third-order valence-corrected chi connectivity index (χ3v) is 3.97. The number of halogens is 1. The number of carbonyl (C=O) groups is 1. The summed E-state index contributed by atoms with van der Waals surface area (Å²) < 4.78 is 5.59. The molecule has 0 bridgehead atoms. The SMILES string of the molecule is CCCCOc1ccc(C(=O)/C=C/Nc2ccc(C)c(Cl)c2)cc1. The van der Waals surface area contributed by atoms with E-state index in [0.29, 0.717) is 17.2 Å². The Morgan fingerprint density at radius 3 is 2.62 bits per heavy atom. The van der Waals surface area contributed by atoms with Crippen LogP contribution >= 0.6 is 11.6 Å². The molecule has 2 aromatic rings. The third kappa shape index (κ3) is 5.43. The molecule has 3 nitrogen and oxygen atoms in total. The molecule has 0 unspecified atom stereocenters. The first-order chi connectivity index (χ1) is 11.6. The van der Waals surface area contributed by atoms with Crippen LogP contribution in [0.4, 0.5) is 5.69 Å². The molecule has 1 N–H and O–H groups in total. The summed E-state index contributed by atoms with van der Waals surface area (Å²) in [7, 11) is 0. The zero-order valence-electron chi connectivity index (χ0n) is 14.0. The second-order valence-electron chi connectivity index (χ2n) is 5.53. The molecule has 0 saturated carbocycles. The van der Waals surface area contributed by atoms with Crippen LogP contribution in [0.5, 0.6) is 5.75 Å². The number of ether oxygens (including phenoxy) is 1. The van der Waals surface area contributed by atoms with Gasteiger partial charge in [0, 0.05) is 28.5 Å². The van der Waals surface area contributed by atoms with Crippen molar-refractivity contribution in [3.05, 3.63) is 70.9 Å². The van der Waals surface area contributed by atoms with Gasteiger partial charge in [-0.2, -0.15) is 0 Å². The predicted molar refractivity (Wildman–Crippen MR) is 100 cm³/mol. The molecule has 0 amide bonds. The Balaban J connectivity index is 1.90. The average Bonchev–Trinajstić information content (AvgIpc) is 2.59. The molecule has 0 heterocycles. The molecule has 2 aromatic carbocycles. The van der Waals surface area contributed by atoms with E-state index in [1.54, 1.807) is 18.3 Å². The topological polar surface area (TPSA) is 38.3 Å². The molecule has 0 aliphatic rings. The maximum atomic E-state index is 12.1. The minimum absolute atomic E-state index is 0.0687. The van der Waals surface area contributed by atoms with E-state index < -0.39 is 0 Å². The van der Waals surface area contributed by atoms with Gasteiger partial charge in [0.25, 0.3) is 0 Å². The average molecular weight is 344 g/mol. The van der Waals surface area contributed by atoms with Crippen molar-refractivity contribution < 1.29 is 9.53 Å². The summed E-state index contributed by atoms with van der Waals surface area (Å²) in [6, 6.07) is 12.9. The van der Waals surface area contributed by atoms with Crippen LogP contribution in [0.1, 0.15) is 35.7 Å². The maximum Gasteiger partial charge on any atom is 0.187 e. The molecule has 2 rings (SSSR count). The van der Waals surface area contributed by atoms with Crippen molar-refractivity contribution in [2.24, 2.45) is 0 Å². The normalized spacial score (nSPS) is 10.8. The Bertz CT molecular complexity index is 708. The van der Waals surface area contributed by atoms with Gasteiger partial charge in [0.05, 0.1) is 6.61 Å². The van der Waals surface area contributed by atoms with E-state index in [1.807, 2.05) is 37.3 Å². The lowest BCUT2D eigenvalue weighted by Gasteiger charge is -2.05. The molecular formula is C20H22ClNO2. The molecule has 0 spiro atoms. The van der Waals surface area contributed by atoms with Crippen molar-refractivity contribution in [3.8, 4) is 5.75 Å². The third-order valence-electron chi connectivity index (χ3n) is 3.56. The molecule has 0 atom stereocenters. The van der Waals surface area contributed by atoms with Crippen molar-refractivity contribution in [1.29, 1.82) is 0 Å². The van der Waals surface area contributed by atoms with Crippen molar-refractivity contribution in [1.82, 2.24) is 0 Å². The molecule has 24 heavy (non-hydrogen) atoms. The summed E-state index contributed by atoms with van der Waals surface area (Å²) in [5.41, 5.74) is 2.48. The molecule has 0 aromatic heterocycles. The van der Waals surface area contributed by atoms with Crippen LogP contribution in [0.3, 0.4) is 0 Å². The Morgan fingerprint density at radius 1 is 1.21 bits per heavy atom. The van der Waals surface area contributed by atoms with E-state index in [4.69, 9.17) is 16.3 Å². The highest BCUT2D eigenvalue weighted by atomic mass is 35.5. The van der Waals surface area contributed by atoms with E-state index >= 15 is 0 Å². The molecule has 0 fully saturated rings. The van der Waals surface area contributed by atoms with Crippen LogP contribution in [0.15, 0.2) is 54.7 Å². The van der Waals surface area contributed by atoms with Crippen LogP contribution in [-0.4, -0.2) is 12.4 Å². The summed E-state index contributed by atoms with van der Waals surface area (Å²) in [5.74, 6) is 0.720. The number of carbonyl (C=O) groups excluding carboxylic acids is 1. The van der Waals surface area contributed by atoms with Crippen LogP contribution in [-0.2, 0) is 0 Å². The van der Waals surface area contributed by atoms with Gasteiger partial charge in [0.1, 0.15) is 5.75 Å². The minimum Gasteiger partial charge on any atom is -0.494 e. The summed E-state index contributed by atoms with van der Waals surface area (Å²) in [5, 5.41) is 3.74. The van der Waals surface area contributed by atoms with Gasteiger partial charge in [-0.25, -0.2) is 0 Å². The molecule has 0 radical (unpaired) electrons. The number of unbranched alkanes of at least 4 members (excludes halogenated alkanes) is 1. The number of hydrogen-bond donors (Lipinski definition) is 1. The number of hydrogen-bond acceptors (Lipinski definition) is 3. The molecule has 0 aliphatic heterocycles. The van der Waals surface area contributed by atoms with E-state index in [0.717, 1.165) is 29.8 Å². The van der Waals surface area contributed by atoms with Gasteiger partial charge in [-0.05, 0) is 55.3 Å². The van der Waals surface area contributed by atoms with Gasteiger partial charge in [-0.1, -0.05) is 31.0 Å². The first kappa shape index (κ1) is 18.1. The fourth-order valence-corrected chi connectivity index (χ4v) is 2.22. The highest BCUT2D eigenvalue weighted by Gasteiger charge is 2.02. The quantitative estimate of drug-likeness (QED) is 0.383. The summed E-state index contributed by atoms with van der Waals surface area (Å²) >= 11 is 6.07. The second kappa shape index (κ2) is 9.14. The van der Waals surface area contributed by atoms with Crippen LogP contribution in [0, 0.1) is 6.92 Å². The van der Waals surface area contributed by atoms with Crippen molar-refractivity contribution in [2.45, 2.75) is 26.7 Å². The second-order valence-corrected chi connectivity index (χ2v) is 5.94. The fraction of sp³-hybridized carbons (Fsp3) is 0.250. The molecule has 4 heteroatoms. The largest absolute Gasteiger partial charge is 0.494 e. The summed E-state index contributed by atoms with van der Waals surface area (Å²) in [6.07, 6.45) is 5.24. The molecule has 126 valence electrons. The highest BCUT2D eigenvalue weighted by Crippen LogP contribution is 2.20. The lowest BCUT2D eigenvalue weighted by Crippen LogP contribution is -1.99. The monoisotopic (exact) mass is 343 g/mol. The van der Waals surface area contributed by atoms with Gasteiger partial charge >= 0.3 is 0 Å². The summed E-state index contributed by atoms with van der Waals surface area (Å²) in [6.45, 7) is 4.77. The number of nitrogens with one attached hydrogen (secondary N) is 1. The van der Waals surface area contributed by atoms with Gasteiger partial charge in [-0.15, -0.1) is 0 Å². The number of anilines is 1. The summed E-state index contributed by atoms with van der Waals surface area (Å²) in [4.78, 5) is 12.1. The molecule has 0 saturated heterocycles. The van der Waals surface area contributed by atoms with E-state index in [2.05, 4.69) is 12.2 Å². The molecule has 0 aliphatic carbocycles. The van der Waals surface area contributed by atoms with Crippen LogP contribution in [0.25, 0.3) is 0 Å². The predicted octanol–water partition coefficient (Wildman–Crippen LogP) is 5.64. The first-order valence-electron chi connectivity index (χ1n) is 8.06. The van der Waals surface area contributed by atoms with E-state index in [9.17, 15) is 4.79 Å². The standard InChI is InChI=1S/C20H22ClNO2/c1-3-4-13-24-18-9-6-16(7-10-18)20(23)11-12-22-17-8-5-15(2)19(21)14-17/h5-12,14,22H,3-4,13H2,1-2H3/b12-11+. The van der Waals surface area contributed by atoms with Gasteiger partial charge in [0.2, 0.25) is 0 Å². The van der Waals surface area contributed by atoms with E-state index in [1.165, 1.54) is 6.08 Å². The minimum atomic E-state index is -0.0687. The maximum absolute atomic E-state index is 12.1. The van der Waals surface area contributed by atoms with Gasteiger partial charge in [-0.3, -0.25) is 4.79 Å². The lowest BCUT2D eigenvalue weighted by atomic mass is 10.1. The molecular weight excluding hydrogens is 322 g/mol. The van der Waals surface area contributed by atoms with Crippen LogP contribution in [0.2, 0.25) is 5.02 Å². The Labute approximate surface area is 148 Å². The fourth-order valence-electron chi connectivity index (χ4n) is 2.04. The number of benzene rings is 2. The highest BCUT2D eigenvalue weighted by molar-refractivity contribution is 6.31. The smallest absolute Gasteiger partial charge is 0.187 e. The van der Waals surface area contributed by atoms with Crippen molar-refractivity contribution in [2.75, 3.05) is 11.9 Å². The lowest BCUT2D eigenvalue weighted by molar-refractivity contribution is 0.104. The Hall–Kier alpha value is -2.26. The van der Waals surface area contributed by atoms with Crippen molar-refractivity contribution >= 4 is 23.1 Å². The zero-order valence-corrected chi connectivity index (χ0v) is 14.8. The Kier molecular flexibility index (Phi) is 6.89. The van der Waals surface area contributed by atoms with Crippen LogP contribution < -0.4 is 10.1 Å².